The van der Waals surface area contributed by atoms with Crippen LogP contribution in [0.15, 0.2) is 0 Å². The molecule has 1 fully saturated rings. The number of hydrogen-bond acceptors (Lipinski definition) is 5. The summed E-state index contributed by atoms with van der Waals surface area (Å²) in [6.45, 7) is 2.04. The summed E-state index contributed by atoms with van der Waals surface area (Å²) in [6, 6.07) is -2.32. The molecule has 17 heavy (non-hydrogen) atoms. The van der Waals surface area contributed by atoms with Gasteiger partial charge in [-0.05, 0) is 19.8 Å². The third-order valence-corrected chi connectivity index (χ3v) is 2.63. The van der Waals surface area contributed by atoms with Gasteiger partial charge in [-0.2, -0.15) is 0 Å². The average Bonchev–Trinajstić information content (AvgIpc) is 2.76. The first-order chi connectivity index (χ1) is 7.99. The lowest BCUT2D eigenvalue weighted by molar-refractivity contribution is -0.155. The highest BCUT2D eigenvalue weighted by Gasteiger charge is 2.38. The lowest BCUT2D eigenvalue weighted by atomic mass is 10.2. The topological polar surface area (TPSA) is 110 Å². The van der Waals surface area contributed by atoms with Gasteiger partial charge in [-0.1, -0.05) is 0 Å². The van der Waals surface area contributed by atoms with Crippen LogP contribution in [0.2, 0.25) is 0 Å². The Morgan fingerprint density at radius 3 is 2.71 bits per heavy atom. The number of likely N-dealkylation sites (tertiary alicyclic amines) is 1. The summed E-state index contributed by atoms with van der Waals surface area (Å²) in [5.74, 6) is -2.59. The Morgan fingerprint density at radius 2 is 2.18 bits per heavy atom. The van der Waals surface area contributed by atoms with E-state index in [9.17, 15) is 14.4 Å². The van der Waals surface area contributed by atoms with Crippen molar-refractivity contribution in [2.24, 2.45) is 5.73 Å². The zero-order valence-electron chi connectivity index (χ0n) is 9.59. The lowest BCUT2D eigenvalue weighted by Crippen LogP contribution is -2.52. The molecule has 0 aromatic rings. The van der Waals surface area contributed by atoms with Crippen molar-refractivity contribution < 1.29 is 24.2 Å². The number of hydrogen-bond donors (Lipinski definition) is 2. The molecular weight excluding hydrogens is 228 g/mol. The van der Waals surface area contributed by atoms with Crippen molar-refractivity contribution in [2.75, 3.05) is 13.2 Å². The molecule has 0 saturated carbocycles. The third kappa shape index (κ3) is 2.94. The standard InChI is InChI=1S/C10H16N2O5/c1-2-17-10(16)7(11)8(13)12-5-3-4-6(12)9(14)15/h6-7H,2-5,11H2,1H3,(H,14,15)/t6-,7?/m1/s1. The fraction of sp³-hybridized carbons (Fsp3) is 0.700. The van der Waals surface area contributed by atoms with Crippen molar-refractivity contribution in [1.29, 1.82) is 0 Å². The van der Waals surface area contributed by atoms with Crippen LogP contribution in [-0.2, 0) is 19.1 Å². The summed E-state index contributed by atoms with van der Waals surface area (Å²) in [4.78, 5) is 35.1. The molecule has 1 rings (SSSR count). The Hall–Kier alpha value is -1.63. The van der Waals surface area contributed by atoms with Crippen LogP contribution >= 0.6 is 0 Å². The molecule has 1 aliphatic heterocycles. The maximum Gasteiger partial charge on any atom is 0.332 e. The van der Waals surface area contributed by atoms with Crippen LogP contribution in [0.3, 0.4) is 0 Å². The van der Waals surface area contributed by atoms with Gasteiger partial charge in [-0.15, -0.1) is 0 Å². The second-order valence-electron chi connectivity index (χ2n) is 3.76. The second-order valence-corrected chi connectivity index (χ2v) is 3.76. The molecule has 1 unspecified atom stereocenters. The molecule has 96 valence electrons. The number of aliphatic carboxylic acids is 1. The number of carboxylic acids is 1. The fourth-order valence-corrected chi connectivity index (χ4v) is 1.80. The molecule has 3 N–H and O–H groups in total. The highest BCUT2D eigenvalue weighted by atomic mass is 16.5. The minimum absolute atomic E-state index is 0.127. The van der Waals surface area contributed by atoms with Gasteiger partial charge in [0.2, 0.25) is 0 Å². The number of nitrogens with two attached hydrogens (primary N) is 1. The van der Waals surface area contributed by atoms with E-state index >= 15 is 0 Å². The lowest BCUT2D eigenvalue weighted by Gasteiger charge is -2.23. The molecule has 0 radical (unpaired) electrons. The van der Waals surface area contributed by atoms with Crippen LogP contribution in [0.1, 0.15) is 19.8 Å². The van der Waals surface area contributed by atoms with Crippen molar-refractivity contribution in [3.8, 4) is 0 Å². The maximum atomic E-state index is 11.8. The van der Waals surface area contributed by atoms with Crippen LogP contribution < -0.4 is 5.73 Å². The molecule has 2 atom stereocenters. The summed E-state index contributed by atoms with van der Waals surface area (Å²) in [5.41, 5.74) is 5.43. The minimum Gasteiger partial charge on any atom is -0.480 e. The number of carbonyl (C=O) groups is 3. The maximum absolute atomic E-state index is 11.8. The molecule has 1 heterocycles. The predicted octanol–water partition coefficient (Wildman–Crippen LogP) is -1.05. The smallest absolute Gasteiger partial charge is 0.332 e. The largest absolute Gasteiger partial charge is 0.480 e. The van der Waals surface area contributed by atoms with Crippen LogP contribution in [0.25, 0.3) is 0 Å². The van der Waals surface area contributed by atoms with Gasteiger partial charge in [0.05, 0.1) is 6.61 Å². The molecule has 1 saturated heterocycles. The van der Waals surface area contributed by atoms with Crippen molar-refractivity contribution >= 4 is 17.8 Å². The zero-order chi connectivity index (χ0) is 13.0. The number of esters is 1. The molecular formula is C10H16N2O5. The molecule has 1 aliphatic rings. The predicted molar refractivity (Wildman–Crippen MR) is 57.0 cm³/mol. The normalized spacial score (nSPS) is 21.1. The summed E-state index contributed by atoms with van der Waals surface area (Å²) in [7, 11) is 0. The van der Waals surface area contributed by atoms with E-state index < -0.39 is 29.9 Å². The Bertz CT molecular complexity index is 331. The first-order valence-electron chi connectivity index (χ1n) is 5.44. The van der Waals surface area contributed by atoms with Gasteiger partial charge in [-0.3, -0.25) is 4.79 Å². The van der Waals surface area contributed by atoms with E-state index in [0.29, 0.717) is 19.4 Å². The number of carboxylic acid groups (broad SMARTS) is 1. The van der Waals surface area contributed by atoms with Crippen LogP contribution in [0.5, 0.6) is 0 Å². The van der Waals surface area contributed by atoms with Gasteiger partial charge in [0.1, 0.15) is 6.04 Å². The summed E-state index contributed by atoms with van der Waals surface area (Å²) in [6.07, 6.45) is 0.981. The van der Waals surface area contributed by atoms with Gasteiger partial charge < -0.3 is 20.5 Å². The molecule has 1 amide bonds. The van der Waals surface area contributed by atoms with Crippen LogP contribution in [0, 0.1) is 0 Å². The quantitative estimate of drug-likeness (QED) is 0.482. The van der Waals surface area contributed by atoms with Crippen LogP contribution in [0.4, 0.5) is 0 Å². The number of carbonyl (C=O) groups excluding carboxylic acids is 2. The Balaban J connectivity index is 2.68. The first-order valence-corrected chi connectivity index (χ1v) is 5.44. The Kier molecular flexibility index (Phi) is 4.45. The Labute approximate surface area is 98.5 Å². The van der Waals surface area contributed by atoms with Gasteiger partial charge in [0.15, 0.2) is 6.04 Å². The second kappa shape index (κ2) is 5.62. The van der Waals surface area contributed by atoms with Gasteiger partial charge in [0, 0.05) is 6.54 Å². The summed E-state index contributed by atoms with van der Waals surface area (Å²) >= 11 is 0. The number of amides is 1. The van der Waals surface area contributed by atoms with E-state index in [1.165, 1.54) is 0 Å². The monoisotopic (exact) mass is 244 g/mol. The van der Waals surface area contributed by atoms with E-state index in [4.69, 9.17) is 10.8 Å². The molecule has 7 nitrogen and oxygen atoms in total. The third-order valence-electron chi connectivity index (χ3n) is 2.63. The van der Waals surface area contributed by atoms with Crippen molar-refractivity contribution in [2.45, 2.75) is 31.8 Å². The van der Waals surface area contributed by atoms with E-state index in [1.807, 2.05) is 0 Å². The number of ether oxygens (including phenoxy) is 1. The molecule has 0 aromatic carbocycles. The number of rotatable bonds is 4. The van der Waals surface area contributed by atoms with Gasteiger partial charge >= 0.3 is 11.9 Å². The van der Waals surface area contributed by atoms with Crippen molar-refractivity contribution in [1.82, 2.24) is 4.90 Å². The van der Waals surface area contributed by atoms with Crippen molar-refractivity contribution in [3.63, 3.8) is 0 Å². The minimum atomic E-state index is -1.44. The van der Waals surface area contributed by atoms with E-state index in [-0.39, 0.29) is 6.61 Å². The molecule has 0 aliphatic carbocycles. The van der Waals surface area contributed by atoms with Crippen molar-refractivity contribution in [3.05, 3.63) is 0 Å². The SMILES string of the molecule is CCOC(=O)C(N)C(=O)N1CCC[C@@H]1C(=O)O. The molecule has 0 spiro atoms. The average molecular weight is 244 g/mol. The van der Waals surface area contributed by atoms with E-state index in [0.717, 1.165) is 4.90 Å². The van der Waals surface area contributed by atoms with Gasteiger partial charge in [0.25, 0.3) is 5.91 Å². The van der Waals surface area contributed by atoms with E-state index in [2.05, 4.69) is 4.74 Å². The summed E-state index contributed by atoms with van der Waals surface area (Å²) in [5, 5.41) is 8.91. The molecule has 7 heteroatoms. The zero-order valence-corrected chi connectivity index (χ0v) is 9.59. The highest BCUT2D eigenvalue weighted by Crippen LogP contribution is 2.18. The first kappa shape index (κ1) is 13.4. The molecule has 0 bridgehead atoms. The molecule has 0 aromatic heterocycles. The van der Waals surface area contributed by atoms with Gasteiger partial charge in [-0.25, -0.2) is 9.59 Å². The van der Waals surface area contributed by atoms with E-state index in [1.54, 1.807) is 6.92 Å². The Morgan fingerprint density at radius 1 is 1.53 bits per heavy atom. The fourth-order valence-electron chi connectivity index (χ4n) is 1.80. The van der Waals surface area contributed by atoms with Crippen LogP contribution in [-0.4, -0.2) is 53.1 Å². The highest BCUT2D eigenvalue weighted by molar-refractivity contribution is 6.03. The number of nitrogens with zero attached hydrogens (tertiary/aromatic N) is 1. The summed E-state index contributed by atoms with van der Waals surface area (Å²) < 4.78 is 4.62.